The minimum absolute atomic E-state index is 0.0507. The Bertz CT molecular complexity index is 1600. The molecule has 0 saturated heterocycles. The summed E-state index contributed by atoms with van der Waals surface area (Å²) in [5.41, 5.74) is 1.08. The summed E-state index contributed by atoms with van der Waals surface area (Å²) >= 11 is 1.35. The number of rotatable bonds is 11. The Morgan fingerprint density at radius 3 is 2.27 bits per heavy atom. The predicted molar refractivity (Wildman–Crippen MR) is 158 cm³/mol. The van der Waals surface area contributed by atoms with Crippen LogP contribution in [0.3, 0.4) is 0 Å². The molecule has 4 aromatic rings. The molecule has 0 bridgehead atoms. The number of nitro benzene ring substituents is 1. The summed E-state index contributed by atoms with van der Waals surface area (Å²) in [5.74, 6) is -0.437. The number of thioether (sulfide) groups is 1. The lowest BCUT2D eigenvalue weighted by Crippen LogP contribution is -2.30. The molecule has 0 fully saturated rings. The number of para-hydroxylation sites is 1. The molecule has 41 heavy (non-hydrogen) atoms. The second-order valence-corrected chi connectivity index (χ2v) is 9.67. The van der Waals surface area contributed by atoms with E-state index in [1.807, 2.05) is 0 Å². The van der Waals surface area contributed by atoms with E-state index in [9.17, 15) is 24.5 Å². The highest BCUT2D eigenvalue weighted by Gasteiger charge is 2.18. The number of benzene rings is 4. The summed E-state index contributed by atoms with van der Waals surface area (Å²) < 4.78 is 5.17. The molecule has 0 aliphatic rings. The fourth-order valence-corrected chi connectivity index (χ4v) is 4.53. The molecule has 0 aliphatic heterocycles. The Balaban J connectivity index is 1.48. The fraction of sp³-hybridized carbons (Fsp3) is 0.0645. The molecule has 0 atom stereocenters. The van der Waals surface area contributed by atoms with Crippen molar-refractivity contribution in [2.45, 2.75) is 4.90 Å². The third-order valence-electron chi connectivity index (χ3n) is 5.84. The number of methoxy groups -OCH3 is 1. The van der Waals surface area contributed by atoms with Crippen molar-refractivity contribution in [3.63, 3.8) is 0 Å². The molecule has 0 radical (unpaired) electrons. The maximum Gasteiger partial charge on any atom is 0.276 e. The molecule has 10 heteroatoms. The number of ketones is 1. The van der Waals surface area contributed by atoms with Crippen LogP contribution in [-0.2, 0) is 4.79 Å². The van der Waals surface area contributed by atoms with E-state index >= 15 is 0 Å². The highest BCUT2D eigenvalue weighted by molar-refractivity contribution is 8.00. The van der Waals surface area contributed by atoms with Gasteiger partial charge in [0, 0.05) is 27.8 Å². The summed E-state index contributed by atoms with van der Waals surface area (Å²) in [6.45, 7) is 0. The normalized spacial score (nSPS) is 10.9. The summed E-state index contributed by atoms with van der Waals surface area (Å²) in [6.07, 6.45) is 1.27. The smallest absolute Gasteiger partial charge is 0.276 e. The Morgan fingerprint density at radius 1 is 0.878 bits per heavy atom. The van der Waals surface area contributed by atoms with E-state index in [1.54, 1.807) is 92.0 Å². The number of carbonyl (C=O) groups excluding carboxylic acids is 3. The van der Waals surface area contributed by atoms with Crippen LogP contribution in [-0.4, -0.2) is 35.4 Å². The highest BCUT2D eigenvalue weighted by atomic mass is 32.2. The third kappa shape index (κ3) is 7.90. The van der Waals surface area contributed by atoms with Crippen LogP contribution < -0.4 is 15.4 Å². The van der Waals surface area contributed by atoms with Gasteiger partial charge in [0.2, 0.25) is 0 Å². The van der Waals surface area contributed by atoms with Crippen molar-refractivity contribution < 1.29 is 24.0 Å². The van der Waals surface area contributed by atoms with Crippen LogP contribution in [0.4, 0.5) is 11.4 Å². The number of nitrogens with zero attached hydrogens (tertiary/aromatic N) is 1. The van der Waals surface area contributed by atoms with Gasteiger partial charge in [-0.3, -0.25) is 24.5 Å². The molecule has 206 valence electrons. The molecule has 9 nitrogen and oxygen atoms in total. The van der Waals surface area contributed by atoms with Gasteiger partial charge < -0.3 is 15.4 Å². The average Bonchev–Trinajstić information content (AvgIpc) is 3.00. The zero-order valence-electron chi connectivity index (χ0n) is 21.9. The largest absolute Gasteiger partial charge is 0.497 e. The number of hydrogen-bond acceptors (Lipinski definition) is 7. The molecule has 4 rings (SSSR count). The van der Waals surface area contributed by atoms with Crippen LogP contribution in [0.5, 0.6) is 5.75 Å². The second kappa shape index (κ2) is 13.7. The standard InChI is InChI=1S/C31H25N3O6S/c1-40-25-12-7-11-23(18-25)29(35)20-41-26-16-14-24(15-17-26)32-31(37)27(33-30(36)21-8-3-2-4-9-21)19-22-10-5-6-13-28(22)34(38)39/h2-19H,20H2,1H3,(H,32,37)(H,33,36)/b27-19-. The topological polar surface area (TPSA) is 128 Å². The van der Waals surface area contributed by atoms with Gasteiger partial charge in [0.05, 0.1) is 23.3 Å². The Hall–Kier alpha value is -5.22. The summed E-state index contributed by atoms with van der Waals surface area (Å²) in [7, 11) is 1.54. The maximum absolute atomic E-state index is 13.3. The fourth-order valence-electron chi connectivity index (χ4n) is 3.74. The van der Waals surface area contributed by atoms with Crippen molar-refractivity contribution in [1.29, 1.82) is 0 Å². The lowest BCUT2D eigenvalue weighted by atomic mass is 10.1. The van der Waals surface area contributed by atoms with Gasteiger partial charge in [0.15, 0.2) is 5.78 Å². The number of carbonyl (C=O) groups is 3. The van der Waals surface area contributed by atoms with Crippen molar-refractivity contribution >= 4 is 46.8 Å². The van der Waals surface area contributed by atoms with Crippen molar-refractivity contribution in [3.8, 4) is 5.75 Å². The van der Waals surface area contributed by atoms with Crippen LogP contribution in [0.2, 0.25) is 0 Å². The van der Waals surface area contributed by atoms with E-state index in [1.165, 1.54) is 36.0 Å². The molecular weight excluding hydrogens is 542 g/mol. The van der Waals surface area contributed by atoms with E-state index in [2.05, 4.69) is 10.6 Å². The minimum Gasteiger partial charge on any atom is -0.497 e. The first kappa shape index (κ1) is 28.8. The zero-order chi connectivity index (χ0) is 29.2. The van der Waals surface area contributed by atoms with E-state index in [-0.39, 0.29) is 28.5 Å². The van der Waals surface area contributed by atoms with Crippen LogP contribution in [0.25, 0.3) is 6.08 Å². The lowest BCUT2D eigenvalue weighted by molar-refractivity contribution is -0.385. The van der Waals surface area contributed by atoms with Crippen LogP contribution in [0.1, 0.15) is 26.3 Å². The van der Waals surface area contributed by atoms with Crippen molar-refractivity contribution in [3.05, 3.63) is 136 Å². The number of amides is 2. The van der Waals surface area contributed by atoms with Gasteiger partial charge in [-0.1, -0.05) is 42.5 Å². The van der Waals surface area contributed by atoms with Crippen LogP contribution in [0, 0.1) is 10.1 Å². The average molecular weight is 568 g/mol. The Morgan fingerprint density at radius 2 is 1.56 bits per heavy atom. The van der Waals surface area contributed by atoms with Crippen molar-refractivity contribution in [2.24, 2.45) is 0 Å². The number of ether oxygens (including phenoxy) is 1. The van der Waals surface area contributed by atoms with Gasteiger partial charge >= 0.3 is 0 Å². The first-order valence-electron chi connectivity index (χ1n) is 12.4. The molecule has 0 aromatic heterocycles. The Kier molecular flexibility index (Phi) is 9.63. The predicted octanol–water partition coefficient (Wildman–Crippen LogP) is 5.99. The minimum atomic E-state index is -0.666. The number of anilines is 1. The number of nitro groups is 1. The summed E-state index contributed by atoms with van der Waals surface area (Å²) in [5, 5.41) is 16.8. The molecular formula is C31H25N3O6S. The second-order valence-electron chi connectivity index (χ2n) is 8.62. The summed E-state index contributed by atoms with van der Waals surface area (Å²) in [4.78, 5) is 50.4. The van der Waals surface area contributed by atoms with Gasteiger partial charge in [-0.25, -0.2) is 0 Å². The number of hydrogen-bond donors (Lipinski definition) is 2. The first-order valence-corrected chi connectivity index (χ1v) is 13.4. The molecule has 0 heterocycles. The maximum atomic E-state index is 13.3. The molecule has 4 aromatic carbocycles. The van der Waals surface area contributed by atoms with E-state index in [0.29, 0.717) is 22.6 Å². The Labute approximate surface area is 240 Å². The van der Waals surface area contributed by atoms with Crippen molar-refractivity contribution in [2.75, 3.05) is 18.2 Å². The molecule has 0 unspecified atom stereocenters. The zero-order valence-corrected chi connectivity index (χ0v) is 22.7. The van der Waals surface area contributed by atoms with Crippen LogP contribution in [0.15, 0.2) is 114 Å². The molecule has 2 N–H and O–H groups in total. The first-order chi connectivity index (χ1) is 19.8. The summed E-state index contributed by atoms with van der Waals surface area (Å²) in [6, 6.07) is 28.0. The molecule has 0 spiro atoms. The highest BCUT2D eigenvalue weighted by Crippen LogP contribution is 2.24. The van der Waals surface area contributed by atoms with E-state index in [0.717, 1.165) is 4.90 Å². The van der Waals surface area contributed by atoms with Crippen molar-refractivity contribution in [1.82, 2.24) is 5.32 Å². The quantitative estimate of drug-likeness (QED) is 0.0749. The number of nitrogens with one attached hydrogen (secondary N) is 2. The molecule has 0 saturated carbocycles. The van der Waals surface area contributed by atoms with Gasteiger partial charge in [0.25, 0.3) is 17.5 Å². The van der Waals surface area contributed by atoms with Gasteiger partial charge in [-0.15, -0.1) is 11.8 Å². The monoisotopic (exact) mass is 567 g/mol. The van der Waals surface area contributed by atoms with Gasteiger partial charge in [0.1, 0.15) is 11.4 Å². The molecule has 2 amide bonds. The molecule has 0 aliphatic carbocycles. The van der Waals surface area contributed by atoms with E-state index in [4.69, 9.17) is 4.74 Å². The van der Waals surface area contributed by atoms with Crippen LogP contribution >= 0.6 is 11.8 Å². The lowest BCUT2D eigenvalue weighted by Gasteiger charge is -2.12. The van der Waals surface area contributed by atoms with Gasteiger partial charge in [-0.05, 0) is 60.7 Å². The van der Waals surface area contributed by atoms with Gasteiger partial charge in [-0.2, -0.15) is 0 Å². The van der Waals surface area contributed by atoms with E-state index < -0.39 is 16.7 Å². The number of Topliss-reactive ketones (excluding diaryl/α,β-unsaturated/α-hetero) is 1. The SMILES string of the molecule is COc1cccc(C(=O)CSc2ccc(NC(=O)/C(=C/c3ccccc3[N+](=O)[O-])NC(=O)c3ccccc3)cc2)c1. The third-order valence-corrected chi connectivity index (χ3v) is 6.85.